The van der Waals surface area contributed by atoms with E-state index in [1.165, 1.54) is 90.4 Å². The second-order valence-corrected chi connectivity index (χ2v) is 13.5. The molecular weight excluding hydrogens is 460 g/mol. The highest BCUT2D eigenvalue weighted by molar-refractivity contribution is 5.90. The van der Waals surface area contributed by atoms with Crippen molar-refractivity contribution in [1.82, 2.24) is 4.90 Å². The third-order valence-electron chi connectivity index (χ3n) is 12.0. The molecule has 8 rings (SSSR count). The fourth-order valence-corrected chi connectivity index (χ4v) is 11.0. The number of hydrogen-bond acceptors (Lipinski definition) is 3. The zero-order valence-corrected chi connectivity index (χ0v) is 22.1. The highest BCUT2D eigenvalue weighted by Gasteiger charge is 2.61. The van der Waals surface area contributed by atoms with Gasteiger partial charge in [0.15, 0.2) is 5.71 Å². The molecule has 5 fully saturated rings. The lowest BCUT2D eigenvalue weighted by Gasteiger charge is -2.62. The van der Waals surface area contributed by atoms with Crippen molar-refractivity contribution in [2.45, 2.75) is 88.4 Å². The standard InChI is InChI=1S/C32H42N2O3/c35-32(36)22-10-2-1-9-21(22)27-25-17-19-7-3-13-33-15-5-11-23(28(19)33)30(25)37-31-24-12-6-16-34-14-4-8-20(29(24)34)18-26(27)31/h1-2,9-10,19-20,23-28,30-31H,3-8,11-18H2/p+1. The minimum atomic E-state index is -0.755. The first-order chi connectivity index (χ1) is 18.2. The first-order valence-electron chi connectivity index (χ1n) is 15.5. The van der Waals surface area contributed by atoms with E-state index < -0.39 is 5.97 Å². The number of rotatable bonds is 2. The summed E-state index contributed by atoms with van der Waals surface area (Å²) in [6.45, 7) is 5.00. The smallest absolute Gasteiger partial charge is 0.335 e. The molecule has 5 heteroatoms. The number of aromatic carboxylic acids is 1. The molecule has 5 heterocycles. The Morgan fingerprint density at radius 2 is 1.68 bits per heavy atom. The Kier molecular flexibility index (Phi) is 5.58. The minimum Gasteiger partial charge on any atom is -0.478 e. The van der Waals surface area contributed by atoms with E-state index in [2.05, 4.69) is 21.6 Å². The van der Waals surface area contributed by atoms with Crippen molar-refractivity contribution in [3.8, 4) is 0 Å². The first kappa shape index (κ1) is 23.2. The van der Waals surface area contributed by atoms with Gasteiger partial charge in [0.1, 0.15) is 13.1 Å². The van der Waals surface area contributed by atoms with Crippen LogP contribution in [0.4, 0.5) is 0 Å². The number of nitrogens with zero attached hydrogens (tertiary/aromatic N) is 2. The van der Waals surface area contributed by atoms with E-state index in [9.17, 15) is 9.90 Å². The van der Waals surface area contributed by atoms with Crippen LogP contribution in [0.3, 0.4) is 0 Å². The molecule has 5 nitrogen and oxygen atoms in total. The predicted molar refractivity (Wildman–Crippen MR) is 142 cm³/mol. The zero-order chi connectivity index (χ0) is 24.7. The van der Waals surface area contributed by atoms with Crippen LogP contribution < -0.4 is 0 Å². The maximum absolute atomic E-state index is 12.5. The van der Waals surface area contributed by atoms with Crippen molar-refractivity contribution >= 4 is 11.7 Å². The third kappa shape index (κ3) is 3.48. The molecule has 0 radical (unpaired) electrons. The largest absolute Gasteiger partial charge is 0.478 e. The molecule has 1 aromatic carbocycles. The number of fused-ring (bicyclic) bond motifs is 4. The molecule has 7 aliphatic rings. The van der Waals surface area contributed by atoms with Gasteiger partial charge in [-0.1, -0.05) is 18.2 Å². The van der Waals surface area contributed by atoms with Gasteiger partial charge in [0.25, 0.3) is 0 Å². The van der Waals surface area contributed by atoms with Crippen molar-refractivity contribution in [3.05, 3.63) is 35.4 Å². The average molecular weight is 504 g/mol. The van der Waals surface area contributed by atoms with Crippen LogP contribution >= 0.6 is 0 Å². The van der Waals surface area contributed by atoms with Crippen LogP contribution in [0.2, 0.25) is 0 Å². The summed E-state index contributed by atoms with van der Waals surface area (Å²) in [5.41, 5.74) is 3.41. The summed E-state index contributed by atoms with van der Waals surface area (Å²) in [4.78, 5) is 15.4. The van der Waals surface area contributed by atoms with Crippen LogP contribution in [0.15, 0.2) is 24.3 Å². The molecule has 2 aliphatic carbocycles. The van der Waals surface area contributed by atoms with Gasteiger partial charge >= 0.3 is 5.97 Å². The highest BCUT2D eigenvalue weighted by atomic mass is 16.5. The van der Waals surface area contributed by atoms with Crippen LogP contribution in [0, 0.1) is 35.5 Å². The van der Waals surface area contributed by atoms with Crippen molar-refractivity contribution in [2.24, 2.45) is 35.5 Å². The zero-order valence-electron chi connectivity index (χ0n) is 22.1. The van der Waals surface area contributed by atoms with Gasteiger partial charge in [-0.05, 0) is 99.8 Å². The first-order valence-corrected chi connectivity index (χ1v) is 15.5. The van der Waals surface area contributed by atoms with Gasteiger partial charge in [-0.15, -0.1) is 0 Å². The summed E-state index contributed by atoms with van der Waals surface area (Å²) in [5, 5.41) is 10.3. The topological polar surface area (TPSA) is 52.8 Å². The number of ether oxygens (including phenoxy) is 1. The SMILES string of the molecule is O=C(O)c1ccccc1C1C2CC3CCC[N+]4=C3C(CCC4)C2OC2C1CC1CCCN3CCCC2C13. The van der Waals surface area contributed by atoms with Crippen LogP contribution in [0.5, 0.6) is 0 Å². The molecule has 2 saturated carbocycles. The predicted octanol–water partition coefficient (Wildman–Crippen LogP) is 5.04. The van der Waals surface area contributed by atoms with Gasteiger partial charge in [0, 0.05) is 30.7 Å². The molecule has 10 unspecified atom stereocenters. The summed E-state index contributed by atoms with van der Waals surface area (Å²) in [5.74, 6) is 3.05. The monoisotopic (exact) mass is 503 g/mol. The van der Waals surface area contributed by atoms with Crippen molar-refractivity contribution in [3.63, 3.8) is 0 Å². The number of carboxylic acid groups (broad SMARTS) is 1. The number of hydrogen-bond donors (Lipinski definition) is 1. The van der Waals surface area contributed by atoms with Gasteiger partial charge in [-0.3, -0.25) is 4.90 Å². The molecule has 0 spiro atoms. The second kappa shape index (κ2) is 8.91. The van der Waals surface area contributed by atoms with Crippen molar-refractivity contribution in [1.29, 1.82) is 0 Å². The molecule has 10 atom stereocenters. The Labute approximate surface area is 221 Å². The van der Waals surface area contributed by atoms with E-state index in [-0.39, 0.29) is 12.2 Å². The molecule has 0 bridgehead atoms. The number of carbonyl (C=O) groups is 1. The Hall–Kier alpha value is -1.72. The Balaban J connectivity index is 1.27. The Morgan fingerprint density at radius 1 is 0.892 bits per heavy atom. The lowest BCUT2D eigenvalue weighted by molar-refractivity contribution is -0.545. The second-order valence-electron chi connectivity index (χ2n) is 13.5. The van der Waals surface area contributed by atoms with Crippen molar-refractivity contribution < 1.29 is 19.2 Å². The van der Waals surface area contributed by atoms with Crippen LogP contribution in [0.1, 0.15) is 86.0 Å². The van der Waals surface area contributed by atoms with Crippen LogP contribution in [0.25, 0.3) is 0 Å². The van der Waals surface area contributed by atoms with Gasteiger partial charge in [-0.25, -0.2) is 9.37 Å². The third-order valence-corrected chi connectivity index (χ3v) is 12.0. The van der Waals surface area contributed by atoms with Gasteiger partial charge in [0.05, 0.1) is 23.7 Å². The van der Waals surface area contributed by atoms with E-state index in [1.807, 2.05) is 12.1 Å². The number of piperidine rings is 2. The fourth-order valence-electron chi connectivity index (χ4n) is 11.0. The summed E-state index contributed by atoms with van der Waals surface area (Å²) in [7, 11) is 0. The molecule has 1 aromatic rings. The van der Waals surface area contributed by atoms with Gasteiger partial charge < -0.3 is 9.84 Å². The van der Waals surface area contributed by atoms with Crippen LogP contribution in [-0.2, 0) is 4.74 Å². The highest BCUT2D eigenvalue weighted by Crippen LogP contribution is 2.59. The Morgan fingerprint density at radius 3 is 2.54 bits per heavy atom. The average Bonchev–Trinajstić information content (AvgIpc) is 2.93. The van der Waals surface area contributed by atoms with E-state index in [0.29, 0.717) is 47.1 Å². The summed E-state index contributed by atoms with van der Waals surface area (Å²) < 4.78 is 10.2. The molecule has 1 N–H and O–H groups in total. The number of benzene rings is 1. The molecule has 3 saturated heterocycles. The van der Waals surface area contributed by atoms with Crippen LogP contribution in [-0.4, -0.2) is 70.7 Å². The minimum absolute atomic E-state index is 0.260. The summed E-state index contributed by atoms with van der Waals surface area (Å²) in [6.07, 6.45) is 13.4. The molecule has 198 valence electrons. The maximum atomic E-state index is 12.5. The molecule has 5 aliphatic heterocycles. The number of carboxylic acids is 1. The molecule has 37 heavy (non-hydrogen) atoms. The van der Waals surface area contributed by atoms with E-state index in [4.69, 9.17) is 4.74 Å². The molecular formula is C32H43N2O3+. The summed E-state index contributed by atoms with van der Waals surface area (Å²) >= 11 is 0. The van der Waals surface area contributed by atoms with E-state index in [1.54, 1.807) is 5.71 Å². The fraction of sp³-hybridized carbons (Fsp3) is 0.750. The lowest BCUT2D eigenvalue weighted by atomic mass is 9.52. The summed E-state index contributed by atoms with van der Waals surface area (Å²) in [6, 6.07) is 8.76. The van der Waals surface area contributed by atoms with E-state index in [0.717, 1.165) is 11.5 Å². The molecule has 0 aromatic heterocycles. The molecule has 0 amide bonds. The normalized spacial score (nSPS) is 44.8. The Bertz CT molecular complexity index is 1110. The maximum Gasteiger partial charge on any atom is 0.335 e. The van der Waals surface area contributed by atoms with Gasteiger partial charge in [-0.2, -0.15) is 0 Å². The van der Waals surface area contributed by atoms with Gasteiger partial charge in [0.2, 0.25) is 0 Å². The quantitative estimate of drug-likeness (QED) is 0.575. The van der Waals surface area contributed by atoms with E-state index >= 15 is 0 Å². The van der Waals surface area contributed by atoms with Crippen molar-refractivity contribution in [2.75, 3.05) is 26.2 Å². The lowest BCUT2D eigenvalue weighted by Crippen LogP contribution is -2.66.